The Morgan fingerprint density at radius 3 is 3.00 bits per heavy atom. The molecule has 3 nitrogen and oxygen atoms in total. The van der Waals surface area contributed by atoms with E-state index in [1.807, 2.05) is 24.3 Å². The number of hydrogen-bond donors (Lipinski definition) is 0. The average molecular weight is 218 g/mol. The highest BCUT2D eigenvalue weighted by molar-refractivity contribution is 8.13. The maximum Gasteiger partial charge on any atom is 0.186 e. The lowest BCUT2D eigenvalue weighted by molar-refractivity contribution is -0.109. The Bertz CT molecular complexity index is 404. The molecule has 0 amide bonds. The molecule has 0 aliphatic heterocycles. The third-order valence-corrected chi connectivity index (χ3v) is 2.36. The molecule has 15 heavy (non-hydrogen) atoms. The SMILES string of the molecule is CC(=O)SCC=Cc1ccc(C#N)nc1. The second-order valence-electron chi connectivity index (χ2n) is 2.79. The van der Waals surface area contributed by atoms with Gasteiger partial charge in [0, 0.05) is 18.9 Å². The molecule has 0 aliphatic carbocycles. The molecule has 0 spiro atoms. The summed E-state index contributed by atoms with van der Waals surface area (Å²) in [5.74, 6) is 0.662. The Hall–Kier alpha value is -1.60. The molecule has 4 heteroatoms. The Morgan fingerprint density at radius 1 is 1.67 bits per heavy atom. The molecule has 0 fully saturated rings. The highest BCUT2D eigenvalue weighted by Gasteiger charge is 1.92. The monoisotopic (exact) mass is 218 g/mol. The van der Waals surface area contributed by atoms with Crippen LogP contribution in [0.2, 0.25) is 0 Å². The van der Waals surface area contributed by atoms with Crippen LogP contribution in [0.15, 0.2) is 24.4 Å². The number of nitrogens with zero attached hydrogens (tertiary/aromatic N) is 2. The van der Waals surface area contributed by atoms with Gasteiger partial charge in [-0.15, -0.1) is 0 Å². The van der Waals surface area contributed by atoms with E-state index in [0.717, 1.165) is 5.56 Å². The molecule has 0 bridgehead atoms. The Labute approximate surface area is 92.8 Å². The van der Waals surface area contributed by atoms with Crippen molar-refractivity contribution < 1.29 is 4.79 Å². The molecule has 0 aliphatic rings. The summed E-state index contributed by atoms with van der Waals surface area (Å²) >= 11 is 1.26. The van der Waals surface area contributed by atoms with Gasteiger partial charge in [-0.05, 0) is 11.6 Å². The van der Waals surface area contributed by atoms with Crippen molar-refractivity contribution in [3.63, 3.8) is 0 Å². The van der Waals surface area contributed by atoms with Gasteiger partial charge in [0.1, 0.15) is 11.8 Å². The zero-order chi connectivity index (χ0) is 11.1. The van der Waals surface area contributed by atoms with Crippen LogP contribution in [0, 0.1) is 11.3 Å². The minimum atomic E-state index is 0.109. The minimum absolute atomic E-state index is 0.109. The fourth-order valence-corrected chi connectivity index (χ4v) is 1.35. The summed E-state index contributed by atoms with van der Waals surface area (Å²) < 4.78 is 0. The molecule has 0 saturated carbocycles. The van der Waals surface area contributed by atoms with Crippen LogP contribution in [-0.4, -0.2) is 15.9 Å². The van der Waals surface area contributed by atoms with Crippen LogP contribution in [0.5, 0.6) is 0 Å². The summed E-state index contributed by atoms with van der Waals surface area (Å²) in [5.41, 5.74) is 1.34. The maximum atomic E-state index is 10.6. The molecule has 0 N–H and O–H groups in total. The Morgan fingerprint density at radius 2 is 2.47 bits per heavy atom. The van der Waals surface area contributed by atoms with E-state index in [1.165, 1.54) is 11.8 Å². The number of carbonyl (C=O) groups excluding carboxylic acids is 1. The second kappa shape index (κ2) is 5.99. The summed E-state index contributed by atoms with van der Waals surface area (Å²) in [6, 6.07) is 5.44. The lowest BCUT2D eigenvalue weighted by Gasteiger charge is -1.92. The summed E-state index contributed by atoms with van der Waals surface area (Å²) in [6.07, 6.45) is 5.41. The van der Waals surface area contributed by atoms with Crippen molar-refractivity contribution in [2.75, 3.05) is 5.75 Å². The van der Waals surface area contributed by atoms with E-state index in [0.29, 0.717) is 11.4 Å². The molecule has 0 unspecified atom stereocenters. The van der Waals surface area contributed by atoms with E-state index in [9.17, 15) is 4.79 Å². The average Bonchev–Trinajstić information content (AvgIpc) is 2.25. The van der Waals surface area contributed by atoms with Crippen LogP contribution in [-0.2, 0) is 4.79 Å². The fraction of sp³-hybridized carbons (Fsp3) is 0.182. The van der Waals surface area contributed by atoms with E-state index in [-0.39, 0.29) is 5.12 Å². The quantitative estimate of drug-likeness (QED) is 0.780. The number of nitriles is 1. The maximum absolute atomic E-state index is 10.6. The number of hydrogen-bond acceptors (Lipinski definition) is 4. The summed E-state index contributed by atoms with van der Waals surface area (Å²) in [6.45, 7) is 1.54. The van der Waals surface area contributed by atoms with Crippen molar-refractivity contribution in [3.8, 4) is 6.07 Å². The first-order valence-corrected chi connectivity index (χ1v) is 5.37. The molecule has 1 aromatic rings. The minimum Gasteiger partial charge on any atom is -0.288 e. The number of aromatic nitrogens is 1. The first-order chi connectivity index (χ1) is 7.22. The molecule has 0 atom stereocenters. The van der Waals surface area contributed by atoms with Gasteiger partial charge in [0.05, 0.1) is 0 Å². The highest BCUT2D eigenvalue weighted by Crippen LogP contribution is 2.05. The van der Waals surface area contributed by atoms with E-state index >= 15 is 0 Å². The van der Waals surface area contributed by atoms with Crippen LogP contribution >= 0.6 is 11.8 Å². The molecular weight excluding hydrogens is 208 g/mol. The summed E-state index contributed by atoms with van der Waals surface area (Å²) in [7, 11) is 0. The second-order valence-corrected chi connectivity index (χ2v) is 3.99. The van der Waals surface area contributed by atoms with Gasteiger partial charge in [-0.2, -0.15) is 5.26 Å². The number of thioether (sulfide) groups is 1. The first kappa shape index (κ1) is 11.5. The predicted octanol–water partition coefficient (Wildman–Crippen LogP) is 2.25. The molecule has 1 aromatic heterocycles. The molecule has 76 valence electrons. The van der Waals surface area contributed by atoms with Crippen LogP contribution in [0.4, 0.5) is 0 Å². The van der Waals surface area contributed by atoms with E-state index in [4.69, 9.17) is 5.26 Å². The largest absolute Gasteiger partial charge is 0.288 e. The van der Waals surface area contributed by atoms with Gasteiger partial charge in [-0.1, -0.05) is 30.0 Å². The Kier molecular flexibility index (Phi) is 4.58. The van der Waals surface area contributed by atoms with Gasteiger partial charge < -0.3 is 0 Å². The third kappa shape index (κ3) is 4.43. The van der Waals surface area contributed by atoms with Crippen LogP contribution in [0.3, 0.4) is 0 Å². The molecule has 1 heterocycles. The van der Waals surface area contributed by atoms with Crippen molar-refractivity contribution in [1.29, 1.82) is 5.26 Å². The number of rotatable bonds is 3. The van der Waals surface area contributed by atoms with Gasteiger partial charge in [-0.25, -0.2) is 4.98 Å². The first-order valence-electron chi connectivity index (χ1n) is 4.38. The van der Waals surface area contributed by atoms with E-state index in [2.05, 4.69) is 4.98 Å². The summed E-state index contributed by atoms with van der Waals surface area (Å²) in [4.78, 5) is 14.5. The molecule has 0 aromatic carbocycles. The van der Waals surface area contributed by atoms with Gasteiger partial charge in [-0.3, -0.25) is 4.79 Å². The van der Waals surface area contributed by atoms with Gasteiger partial charge in [0.2, 0.25) is 0 Å². The zero-order valence-electron chi connectivity index (χ0n) is 8.30. The Balaban J connectivity index is 2.50. The van der Waals surface area contributed by atoms with Crippen molar-refractivity contribution in [2.45, 2.75) is 6.92 Å². The lowest BCUT2D eigenvalue weighted by atomic mass is 10.2. The van der Waals surface area contributed by atoms with Crippen LogP contribution < -0.4 is 0 Å². The smallest absolute Gasteiger partial charge is 0.186 e. The fourth-order valence-electron chi connectivity index (χ4n) is 0.920. The molecular formula is C11H10N2OS. The van der Waals surface area contributed by atoms with E-state index in [1.54, 1.807) is 19.2 Å². The van der Waals surface area contributed by atoms with E-state index < -0.39 is 0 Å². The van der Waals surface area contributed by atoms with Crippen molar-refractivity contribution in [2.24, 2.45) is 0 Å². The van der Waals surface area contributed by atoms with Crippen LogP contribution in [0.25, 0.3) is 6.08 Å². The van der Waals surface area contributed by atoms with Gasteiger partial charge in [0.25, 0.3) is 0 Å². The lowest BCUT2D eigenvalue weighted by Crippen LogP contribution is -1.83. The normalized spacial score (nSPS) is 10.1. The summed E-state index contributed by atoms with van der Waals surface area (Å²) in [5, 5.41) is 8.64. The molecule has 0 radical (unpaired) electrons. The molecule has 0 saturated heterocycles. The molecule has 1 rings (SSSR count). The van der Waals surface area contributed by atoms with Crippen molar-refractivity contribution in [3.05, 3.63) is 35.7 Å². The number of pyridine rings is 1. The topological polar surface area (TPSA) is 53.8 Å². The van der Waals surface area contributed by atoms with Crippen LogP contribution in [0.1, 0.15) is 18.2 Å². The number of carbonyl (C=O) groups is 1. The van der Waals surface area contributed by atoms with Gasteiger partial charge in [0.15, 0.2) is 5.12 Å². The third-order valence-electron chi connectivity index (χ3n) is 1.59. The highest BCUT2D eigenvalue weighted by atomic mass is 32.2. The standard InChI is InChI=1S/C11H10N2OS/c1-9(14)15-6-2-3-10-4-5-11(7-12)13-8-10/h2-5,8H,6H2,1H3. The van der Waals surface area contributed by atoms with Crippen molar-refractivity contribution >= 4 is 23.0 Å². The van der Waals surface area contributed by atoms with Gasteiger partial charge >= 0.3 is 0 Å². The zero-order valence-corrected chi connectivity index (χ0v) is 9.12. The predicted molar refractivity (Wildman–Crippen MR) is 61.1 cm³/mol. The van der Waals surface area contributed by atoms with Crippen molar-refractivity contribution in [1.82, 2.24) is 4.98 Å².